The number of carbonyl (C=O) groups is 1. The Labute approximate surface area is 185 Å². The van der Waals surface area contributed by atoms with E-state index in [-0.39, 0.29) is 29.3 Å². The van der Waals surface area contributed by atoms with Crippen molar-refractivity contribution in [1.29, 1.82) is 0 Å². The Morgan fingerprint density at radius 3 is 2.09 bits per heavy atom. The van der Waals surface area contributed by atoms with Crippen LogP contribution in [0, 0.1) is 17.6 Å². The first-order valence-corrected chi connectivity index (χ1v) is 10.4. The lowest BCUT2D eigenvalue weighted by Crippen LogP contribution is -2.55. The van der Waals surface area contributed by atoms with E-state index in [2.05, 4.69) is 0 Å². The van der Waals surface area contributed by atoms with Crippen LogP contribution in [0.3, 0.4) is 0 Å². The van der Waals surface area contributed by atoms with Gasteiger partial charge in [0.15, 0.2) is 0 Å². The quantitative estimate of drug-likeness (QED) is 0.522. The summed E-state index contributed by atoms with van der Waals surface area (Å²) in [4.78, 5) is 14.7. The minimum atomic E-state index is -0.795. The van der Waals surface area contributed by atoms with Crippen LogP contribution >= 0.6 is 0 Å². The summed E-state index contributed by atoms with van der Waals surface area (Å²) >= 11 is 0. The molecule has 4 nitrogen and oxygen atoms in total. The summed E-state index contributed by atoms with van der Waals surface area (Å²) in [7, 11) is 0. The second kappa shape index (κ2) is 8.93. The van der Waals surface area contributed by atoms with Crippen LogP contribution in [0.1, 0.15) is 30.5 Å². The Morgan fingerprint density at radius 2 is 1.53 bits per heavy atom. The molecule has 6 heteroatoms. The van der Waals surface area contributed by atoms with Crippen molar-refractivity contribution in [3.05, 3.63) is 102 Å². The van der Waals surface area contributed by atoms with Gasteiger partial charge in [-0.25, -0.2) is 8.78 Å². The average molecular weight is 435 g/mol. The number of phenols is 1. The summed E-state index contributed by atoms with van der Waals surface area (Å²) < 4.78 is 26.7. The molecular formula is C26H23F2NO3. The van der Waals surface area contributed by atoms with Crippen LogP contribution in [0.4, 0.5) is 14.5 Å². The molecule has 4 rings (SSSR count). The molecule has 1 aliphatic rings. The number of carbonyl (C=O) groups excluding carboxylic acids is 1. The fourth-order valence-electron chi connectivity index (χ4n) is 4.15. The summed E-state index contributed by atoms with van der Waals surface area (Å²) in [5.41, 5.74) is 2.72. The van der Waals surface area contributed by atoms with E-state index in [1.165, 1.54) is 24.3 Å². The fraction of sp³-hybridized carbons (Fsp3) is 0.192. The van der Waals surface area contributed by atoms with E-state index in [4.69, 9.17) is 0 Å². The number of benzene rings is 3. The lowest BCUT2D eigenvalue weighted by Gasteiger charge is -2.47. The highest BCUT2D eigenvalue weighted by Gasteiger charge is 2.48. The molecule has 0 saturated carbocycles. The van der Waals surface area contributed by atoms with Crippen molar-refractivity contribution in [3.63, 3.8) is 0 Å². The molecule has 0 aromatic heterocycles. The van der Waals surface area contributed by atoms with Gasteiger partial charge in [-0.05, 0) is 78.6 Å². The van der Waals surface area contributed by atoms with Crippen LogP contribution in [0.2, 0.25) is 0 Å². The number of anilines is 1. The summed E-state index contributed by atoms with van der Waals surface area (Å²) in [6.07, 6.45) is 1.38. The molecule has 2 N–H and O–H groups in total. The van der Waals surface area contributed by atoms with Crippen LogP contribution in [0.5, 0.6) is 5.75 Å². The zero-order valence-electron chi connectivity index (χ0n) is 17.5. The highest BCUT2D eigenvalue weighted by atomic mass is 19.1. The van der Waals surface area contributed by atoms with Gasteiger partial charge in [-0.2, -0.15) is 0 Å². The first kappa shape index (κ1) is 21.7. The fourth-order valence-corrected chi connectivity index (χ4v) is 4.15. The molecule has 3 aromatic rings. The Morgan fingerprint density at radius 1 is 0.969 bits per heavy atom. The van der Waals surface area contributed by atoms with Crippen molar-refractivity contribution in [2.45, 2.75) is 25.5 Å². The van der Waals surface area contributed by atoms with E-state index in [0.29, 0.717) is 23.2 Å². The van der Waals surface area contributed by atoms with E-state index >= 15 is 0 Å². The summed E-state index contributed by atoms with van der Waals surface area (Å²) in [6, 6.07) is 17.9. The van der Waals surface area contributed by atoms with E-state index in [0.717, 1.165) is 5.56 Å². The van der Waals surface area contributed by atoms with Gasteiger partial charge in [0.1, 0.15) is 17.4 Å². The van der Waals surface area contributed by atoms with E-state index < -0.39 is 12.0 Å². The third-order valence-electron chi connectivity index (χ3n) is 5.77. The van der Waals surface area contributed by atoms with Crippen molar-refractivity contribution in [2.24, 2.45) is 5.92 Å². The maximum Gasteiger partial charge on any atom is 0.233 e. The Bertz CT molecular complexity index is 1120. The van der Waals surface area contributed by atoms with Gasteiger partial charge in [0, 0.05) is 5.69 Å². The third kappa shape index (κ3) is 4.27. The lowest BCUT2D eigenvalue weighted by atomic mass is 9.79. The van der Waals surface area contributed by atoms with E-state index in [1.807, 2.05) is 6.08 Å². The maximum atomic E-state index is 13.4. The largest absolute Gasteiger partial charge is 0.508 e. The molecule has 0 radical (unpaired) electrons. The Balaban J connectivity index is 1.66. The number of aliphatic hydroxyl groups excluding tert-OH is 1. The minimum Gasteiger partial charge on any atom is -0.508 e. The van der Waals surface area contributed by atoms with Crippen molar-refractivity contribution in [3.8, 4) is 5.75 Å². The van der Waals surface area contributed by atoms with Crippen LogP contribution < -0.4 is 4.90 Å². The van der Waals surface area contributed by atoms with Crippen molar-refractivity contribution in [2.75, 3.05) is 4.90 Å². The van der Waals surface area contributed by atoms with Crippen molar-refractivity contribution < 1.29 is 23.8 Å². The highest BCUT2D eigenvalue weighted by Crippen LogP contribution is 2.46. The summed E-state index contributed by atoms with van der Waals surface area (Å²) in [5, 5.41) is 19.9. The van der Waals surface area contributed by atoms with Crippen LogP contribution in [-0.4, -0.2) is 22.2 Å². The van der Waals surface area contributed by atoms with Crippen LogP contribution in [0.25, 0.3) is 5.57 Å². The molecule has 3 atom stereocenters. The molecule has 1 fully saturated rings. The molecule has 1 unspecified atom stereocenters. The van der Waals surface area contributed by atoms with Gasteiger partial charge in [0.05, 0.1) is 18.1 Å². The molecule has 1 aliphatic heterocycles. The molecule has 1 amide bonds. The monoisotopic (exact) mass is 435 g/mol. The highest BCUT2D eigenvalue weighted by molar-refractivity contribution is 6.03. The number of hydrogen-bond acceptors (Lipinski definition) is 3. The van der Waals surface area contributed by atoms with Crippen molar-refractivity contribution >= 4 is 17.2 Å². The number of amides is 1. The molecular weight excluding hydrogens is 412 g/mol. The lowest BCUT2D eigenvalue weighted by molar-refractivity contribution is -0.130. The maximum absolute atomic E-state index is 13.4. The number of rotatable bonds is 6. The molecule has 32 heavy (non-hydrogen) atoms. The average Bonchev–Trinajstić information content (AvgIpc) is 2.77. The number of β-lactam (4-membered cyclic amide) rings is 1. The van der Waals surface area contributed by atoms with Gasteiger partial charge in [-0.3, -0.25) is 4.79 Å². The number of hydrogen-bond donors (Lipinski definition) is 2. The van der Waals surface area contributed by atoms with Gasteiger partial charge in [0.2, 0.25) is 5.91 Å². The number of phenolic OH excluding ortho intramolecular Hbond substituents is 1. The van der Waals surface area contributed by atoms with Gasteiger partial charge in [0.25, 0.3) is 0 Å². The molecule has 3 aromatic carbocycles. The van der Waals surface area contributed by atoms with Crippen LogP contribution in [-0.2, 0) is 4.79 Å². The normalized spacial score (nSPS) is 19.6. The smallest absolute Gasteiger partial charge is 0.233 e. The summed E-state index contributed by atoms with van der Waals surface area (Å²) in [6.45, 7) is 1.63. The Hall–Kier alpha value is -3.51. The second-order valence-corrected chi connectivity index (χ2v) is 7.91. The van der Waals surface area contributed by atoms with E-state index in [1.54, 1.807) is 60.4 Å². The third-order valence-corrected chi connectivity index (χ3v) is 5.77. The molecule has 0 bridgehead atoms. The first-order valence-electron chi connectivity index (χ1n) is 10.4. The number of nitrogens with zero attached hydrogens (tertiary/aromatic N) is 1. The first-order chi connectivity index (χ1) is 15.3. The standard InChI is InChI=1S/C26H23F2NO3/c1-16(30)23(17-2-6-19(27)7-3-17)14-15-24-25(18-4-12-22(31)13-5-18)29(26(24)32)21-10-8-20(28)9-11-21/h2-14,16,24-25,30-31H,15H2,1H3/b23-14-/t16?,24-,25-/m1/s1. The summed E-state index contributed by atoms with van der Waals surface area (Å²) in [5.74, 6) is -1.15. The molecule has 0 spiro atoms. The Kier molecular flexibility index (Phi) is 6.06. The molecule has 1 heterocycles. The van der Waals surface area contributed by atoms with Crippen LogP contribution in [0.15, 0.2) is 78.9 Å². The molecule has 0 aliphatic carbocycles. The van der Waals surface area contributed by atoms with E-state index in [9.17, 15) is 23.8 Å². The van der Waals surface area contributed by atoms with Gasteiger partial charge in [-0.1, -0.05) is 30.3 Å². The molecule has 164 valence electrons. The number of halogens is 2. The second-order valence-electron chi connectivity index (χ2n) is 7.91. The zero-order valence-corrected chi connectivity index (χ0v) is 17.5. The van der Waals surface area contributed by atoms with Gasteiger partial charge >= 0.3 is 0 Å². The zero-order chi connectivity index (χ0) is 22.8. The SMILES string of the molecule is CC(O)/C(=C/C[C@H]1C(=O)N(c2ccc(F)cc2)[C@@H]1c1ccc(O)cc1)c1ccc(F)cc1. The minimum absolute atomic E-state index is 0.116. The predicted octanol–water partition coefficient (Wildman–Crippen LogP) is 5.23. The number of allylic oxidation sites excluding steroid dienone is 1. The topological polar surface area (TPSA) is 60.8 Å². The predicted molar refractivity (Wildman–Crippen MR) is 119 cm³/mol. The van der Waals surface area contributed by atoms with Gasteiger partial charge < -0.3 is 15.1 Å². The number of aliphatic hydroxyl groups is 1. The molecule has 1 saturated heterocycles. The van der Waals surface area contributed by atoms with Crippen molar-refractivity contribution in [1.82, 2.24) is 0 Å². The number of aromatic hydroxyl groups is 1. The van der Waals surface area contributed by atoms with Gasteiger partial charge in [-0.15, -0.1) is 0 Å².